The van der Waals surface area contributed by atoms with Crippen molar-refractivity contribution in [2.75, 3.05) is 11.0 Å². The number of aromatic nitrogens is 3. The van der Waals surface area contributed by atoms with Gasteiger partial charge in [-0.3, -0.25) is 14.1 Å². The smallest absolute Gasteiger partial charge is 0.229 e. The zero-order chi connectivity index (χ0) is 20.3. The molecule has 0 fully saturated rings. The fourth-order valence-corrected chi connectivity index (χ4v) is 4.17. The van der Waals surface area contributed by atoms with Crippen LogP contribution in [0.5, 0.6) is 0 Å². The lowest BCUT2D eigenvalue weighted by Crippen LogP contribution is -2.15. The van der Waals surface area contributed by atoms with E-state index in [2.05, 4.69) is 14.9 Å². The van der Waals surface area contributed by atoms with Gasteiger partial charge in [0.1, 0.15) is 0 Å². The van der Waals surface area contributed by atoms with Crippen LogP contribution in [0, 0.1) is 0 Å². The lowest BCUT2D eigenvalue weighted by molar-refractivity contribution is 0.0994. The standard InChI is InChI=1S/C18H20N4O4S2/c1-4-22-17(15-6-5-11-26-15)19-20-18(22)27-12(2)16(23)13-7-9-14(10-8-13)21-28(3,24)25/h5-12,21H,4H2,1-3H3. The van der Waals surface area contributed by atoms with Gasteiger partial charge < -0.3 is 4.42 Å². The van der Waals surface area contributed by atoms with Crippen LogP contribution in [0.4, 0.5) is 5.69 Å². The molecular formula is C18H20N4O4S2. The maximum Gasteiger partial charge on any atom is 0.229 e. The van der Waals surface area contributed by atoms with Crippen molar-refractivity contribution in [3.05, 3.63) is 48.2 Å². The van der Waals surface area contributed by atoms with Crippen LogP contribution in [0.1, 0.15) is 24.2 Å². The number of furan rings is 1. The molecule has 28 heavy (non-hydrogen) atoms. The average Bonchev–Trinajstić information content (AvgIpc) is 3.29. The summed E-state index contributed by atoms with van der Waals surface area (Å²) in [5.74, 6) is 1.15. The van der Waals surface area contributed by atoms with Crippen LogP contribution in [-0.2, 0) is 16.6 Å². The van der Waals surface area contributed by atoms with Crippen LogP contribution in [-0.4, -0.2) is 40.5 Å². The molecule has 0 aliphatic heterocycles. The summed E-state index contributed by atoms with van der Waals surface area (Å²) in [6, 6.07) is 9.93. The Morgan fingerprint density at radius 2 is 1.96 bits per heavy atom. The maximum atomic E-state index is 12.7. The molecule has 0 saturated carbocycles. The third-order valence-electron chi connectivity index (χ3n) is 3.90. The predicted octanol–water partition coefficient (Wildman–Crippen LogP) is 3.29. The number of carbonyl (C=O) groups is 1. The number of anilines is 1. The number of benzene rings is 1. The van der Waals surface area contributed by atoms with Crippen molar-refractivity contribution in [2.24, 2.45) is 0 Å². The molecule has 0 amide bonds. The van der Waals surface area contributed by atoms with Gasteiger partial charge in [0.2, 0.25) is 10.0 Å². The fraction of sp³-hybridized carbons (Fsp3) is 0.278. The summed E-state index contributed by atoms with van der Waals surface area (Å²) in [5, 5.41) is 8.62. The molecule has 1 aromatic carbocycles. The van der Waals surface area contributed by atoms with Crippen LogP contribution >= 0.6 is 11.8 Å². The molecule has 0 spiro atoms. The second kappa shape index (κ2) is 8.19. The predicted molar refractivity (Wildman–Crippen MR) is 108 cm³/mol. The molecule has 1 N–H and O–H groups in total. The lowest BCUT2D eigenvalue weighted by atomic mass is 10.1. The Morgan fingerprint density at radius 1 is 1.25 bits per heavy atom. The molecule has 1 atom stereocenters. The third-order valence-corrected chi connectivity index (χ3v) is 5.59. The Balaban J connectivity index is 1.74. The molecule has 0 saturated heterocycles. The van der Waals surface area contributed by atoms with Crippen molar-refractivity contribution in [3.63, 3.8) is 0 Å². The minimum absolute atomic E-state index is 0.0823. The molecule has 0 aliphatic rings. The molecule has 10 heteroatoms. The Kier molecular flexibility index (Phi) is 5.90. The number of nitrogens with zero attached hydrogens (tertiary/aromatic N) is 3. The third kappa shape index (κ3) is 4.63. The number of nitrogens with one attached hydrogen (secondary N) is 1. The van der Waals surface area contributed by atoms with E-state index in [1.807, 2.05) is 17.6 Å². The first-order valence-corrected chi connectivity index (χ1v) is 11.3. The minimum Gasteiger partial charge on any atom is -0.461 e. The number of sulfonamides is 1. The number of hydrogen-bond donors (Lipinski definition) is 1. The van der Waals surface area contributed by atoms with E-state index in [1.54, 1.807) is 43.5 Å². The number of Topliss-reactive ketones (excluding diaryl/α,β-unsaturated/α-hetero) is 1. The van der Waals surface area contributed by atoms with Gasteiger partial charge >= 0.3 is 0 Å². The van der Waals surface area contributed by atoms with Crippen molar-refractivity contribution >= 4 is 33.3 Å². The van der Waals surface area contributed by atoms with E-state index in [-0.39, 0.29) is 5.78 Å². The van der Waals surface area contributed by atoms with Crippen LogP contribution < -0.4 is 4.72 Å². The summed E-state index contributed by atoms with van der Waals surface area (Å²) in [6.07, 6.45) is 2.65. The highest BCUT2D eigenvalue weighted by atomic mass is 32.2. The van der Waals surface area contributed by atoms with Crippen LogP contribution in [0.15, 0.2) is 52.2 Å². The number of thioether (sulfide) groups is 1. The molecular weight excluding hydrogens is 400 g/mol. The molecule has 0 bridgehead atoms. The van der Waals surface area contributed by atoms with Crippen LogP contribution in [0.3, 0.4) is 0 Å². The number of hydrogen-bond acceptors (Lipinski definition) is 7. The zero-order valence-corrected chi connectivity index (χ0v) is 17.3. The Morgan fingerprint density at radius 3 is 2.54 bits per heavy atom. The van der Waals surface area contributed by atoms with Crippen molar-refractivity contribution in [2.45, 2.75) is 30.8 Å². The van der Waals surface area contributed by atoms with Crippen molar-refractivity contribution in [3.8, 4) is 11.6 Å². The van der Waals surface area contributed by atoms with E-state index in [1.165, 1.54) is 11.8 Å². The average molecular weight is 421 g/mol. The van der Waals surface area contributed by atoms with E-state index >= 15 is 0 Å². The normalized spacial score (nSPS) is 12.7. The van der Waals surface area contributed by atoms with Crippen molar-refractivity contribution < 1.29 is 17.6 Å². The summed E-state index contributed by atoms with van der Waals surface area (Å²) >= 11 is 1.32. The first-order valence-electron chi connectivity index (χ1n) is 8.54. The fourth-order valence-electron chi connectivity index (χ4n) is 2.61. The molecule has 1 unspecified atom stereocenters. The number of rotatable bonds is 8. The highest BCUT2D eigenvalue weighted by Gasteiger charge is 2.22. The monoisotopic (exact) mass is 420 g/mol. The van der Waals surface area contributed by atoms with Gasteiger partial charge in [0.05, 0.1) is 17.8 Å². The Hall–Kier alpha value is -2.59. The zero-order valence-electron chi connectivity index (χ0n) is 15.6. The van der Waals surface area contributed by atoms with Gasteiger partial charge in [-0.2, -0.15) is 0 Å². The summed E-state index contributed by atoms with van der Waals surface area (Å²) in [4.78, 5) is 12.7. The topological polar surface area (TPSA) is 107 Å². The first kappa shape index (κ1) is 20.2. The van der Waals surface area contributed by atoms with Gasteiger partial charge in [0.15, 0.2) is 22.5 Å². The van der Waals surface area contributed by atoms with Gasteiger partial charge in [-0.1, -0.05) is 11.8 Å². The van der Waals surface area contributed by atoms with Gasteiger partial charge in [-0.05, 0) is 50.2 Å². The minimum atomic E-state index is -3.36. The lowest BCUT2D eigenvalue weighted by Gasteiger charge is -2.12. The largest absolute Gasteiger partial charge is 0.461 e. The highest BCUT2D eigenvalue weighted by molar-refractivity contribution is 8.00. The van der Waals surface area contributed by atoms with E-state index in [0.29, 0.717) is 34.5 Å². The molecule has 2 aromatic heterocycles. The highest BCUT2D eigenvalue weighted by Crippen LogP contribution is 2.28. The molecule has 3 aromatic rings. The van der Waals surface area contributed by atoms with E-state index in [4.69, 9.17) is 4.42 Å². The van der Waals surface area contributed by atoms with Crippen molar-refractivity contribution in [1.29, 1.82) is 0 Å². The maximum absolute atomic E-state index is 12.7. The van der Waals surface area contributed by atoms with Crippen LogP contribution in [0.2, 0.25) is 0 Å². The SMILES string of the molecule is CCn1c(SC(C)C(=O)c2ccc(NS(C)(=O)=O)cc2)nnc1-c1ccco1. The summed E-state index contributed by atoms with van der Waals surface area (Å²) in [6.45, 7) is 4.41. The molecule has 8 nitrogen and oxygen atoms in total. The van der Waals surface area contributed by atoms with E-state index < -0.39 is 15.3 Å². The number of carbonyl (C=O) groups excluding carboxylic acids is 1. The Labute approximate surface area is 167 Å². The van der Waals surface area contributed by atoms with Crippen LogP contribution in [0.25, 0.3) is 11.6 Å². The molecule has 148 valence electrons. The van der Waals surface area contributed by atoms with E-state index in [9.17, 15) is 13.2 Å². The molecule has 2 heterocycles. The quantitative estimate of drug-likeness (QED) is 0.440. The second-order valence-electron chi connectivity index (χ2n) is 6.10. The van der Waals surface area contributed by atoms with Crippen molar-refractivity contribution in [1.82, 2.24) is 14.8 Å². The molecule has 0 radical (unpaired) electrons. The molecule has 0 aliphatic carbocycles. The number of ketones is 1. The second-order valence-corrected chi connectivity index (χ2v) is 9.16. The van der Waals surface area contributed by atoms with Gasteiger partial charge in [-0.25, -0.2) is 8.42 Å². The van der Waals surface area contributed by atoms with Gasteiger partial charge in [0, 0.05) is 17.8 Å². The first-order chi connectivity index (χ1) is 13.3. The Bertz CT molecular complexity index is 1060. The van der Waals surface area contributed by atoms with Gasteiger partial charge in [-0.15, -0.1) is 10.2 Å². The summed E-state index contributed by atoms with van der Waals surface area (Å²) in [5.41, 5.74) is 0.904. The van der Waals surface area contributed by atoms with E-state index in [0.717, 1.165) is 6.26 Å². The summed E-state index contributed by atoms with van der Waals surface area (Å²) in [7, 11) is -3.36. The summed E-state index contributed by atoms with van der Waals surface area (Å²) < 4.78 is 32.2. The molecule has 3 rings (SSSR count). The van der Waals surface area contributed by atoms with Gasteiger partial charge in [0.25, 0.3) is 0 Å².